The van der Waals surface area contributed by atoms with Crippen LogP contribution in [-0.2, 0) is 11.3 Å². The Morgan fingerprint density at radius 3 is 2.70 bits per heavy atom. The number of halogens is 1. The lowest BCUT2D eigenvalue weighted by molar-refractivity contribution is 0.117. The molecule has 1 aromatic rings. The molecule has 0 radical (unpaired) electrons. The van der Waals surface area contributed by atoms with Crippen LogP contribution in [0.15, 0.2) is 23.8 Å². The predicted molar refractivity (Wildman–Crippen MR) is 74.8 cm³/mol. The van der Waals surface area contributed by atoms with E-state index in [-0.39, 0.29) is 18.0 Å². The third-order valence-electron chi connectivity index (χ3n) is 2.80. The molecule has 1 rings (SSSR count). The minimum absolute atomic E-state index is 0.0103. The van der Waals surface area contributed by atoms with Crippen LogP contribution in [0.25, 0.3) is 6.08 Å². The first-order valence-electron chi connectivity index (χ1n) is 6.59. The van der Waals surface area contributed by atoms with Crippen molar-refractivity contribution in [2.75, 3.05) is 6.61 Å². The molecule has 0 aliphatic rings. The Labute approximate surface area is 118 Å². The summed E-state index contributed by atoms with van der Waals surface area (Å²) in [5.74, 6) is -0.357. The van der Waals surface area contributed by atoms with Gasteiger partial charge in [-0.2, -0.15) is 10.5 Å². The summed E-state index contributed by atoms with van der Waals surface area (Å²) in [6.07, 6.45) is 4.64. The van der Waals surface area contributed by atoms with Crippen molar-refractivity contribution in [3.8, 4) is 12.1 Å². The fraction of sp³-hybridized carbons (Fsp3) is 0.375. The lowest BCUT2D eigenvalue weighted by Crippen LogP contribution is -1.98. The molecular weight excluding hydrogens is 255 g/mol. The monoisotopic (exact) mass is 272 g/mol. The van der Waals surface area contributed by atoms with Gasteiger partial charge in [-0.15, -0.1) is 0 Å². The topological polar surface area (TPSA) is 56.8 Å². The van der Waals surface area contributed by atoms with Crippen LogP contribution in [0.2, 0.25) is 0 Å². The molecule has 0 saturated heterocycles. The van der Waals surface area contributed by atoms with Gasteiger partial charge in [-0.05, 0) is 35.8 Å². The molecule has 20 heavy (non-hydrogen) atoms. The van der Waals surface area contributed by atoms with Crippen LogP contribution in [0.1, 0.15) is 37.3 Å². The van der Waals surface area contributed by atoms with Crippen molar-refractivity contribution in [2.45, 2.75) is 32.8 Å². The van der Waals surface area contributed by atoms with Gasteiger partial charge in [0.15, 0.2) is 0 Å². The number of hydrogen-bond donors (Lipinski definition) is 0. The Kier molecular flexibility index (Phi) is 7.03. The maximum atomic E-state index is 13.3. The van der Waals surface area contributed by atoms with Crippen LogP contribution in [0.5, 0.6) is 0 Å². The summed E-state index contributed by atoms with van der Waals surface area (Å²) in [5.41, 5.74) is 1.27. The standard InChI is InChI=1S/C16H17FN2O/c1-2-3-4-7-20-12-15-9-16(17)6-5-14(15)8-13(10-18)11-19/h5-6,8-9H,2-4,7,12H2,1H3. The molecule has 0 heterocycles. The van der Waals surface area contributed by atoms with Gasteiger partial charge in [0.25, 0.3) is 0 Å². The van der Waals surface area contributed by atoms with Crippen LogP contribution < -0.4 is 0 Å². The SMILES string of the molecule is CCCCCOCc1cc(F)ccc1C=C(C#N)C#N. The first-order valence-corrected chi connectivity index (χ1v) is 6.59. The van der Waals surface area contributed by atoms with E-state index >= 15 is 0 Å². The van der Waals surface area contributed by atoms with Gasteiger partial charge in [-0.1, -0.05) is 25.8 Å². The fourth-order valence-electron chi connectivity index (χ4n) is 1.72. The van der Waals surface area contributed by atoms with Crippen molar-refractivity contribution in [1.82, 2.24) is 0 Å². The van der Waals surface area contributed by atoms with Crippen molar-refractivity contribution >= 4 is 6.08 Å². The Morgan fingerprint density at radius 2 is 2.05 bits per heavy atom. The van der Waals surface area contributed by atoms with Gasteiger partial charge >= 0.3 is 0 Å². The van der Waals surface area contributed by atoms with E-state index in [2.05, 4.69) is 6.92 Å². The maximum Gasteiger partial charge on any atom is 0.130 e. The second-order valence-electron chi connectivity index (χ2n) is 4.38. The number of unbranched alkanes of at least 4 members (excludes halogenated alkanes) is 2. The van der Waals surface area contributed by atoms with Gasteiger partial charge in [-0.25, -0.2) is 4.39 Å². The van der Waals surface area contributed by atoms with E-state index < -0.39 is 0 Å². The van der Waals surface area contributed by atoms with Gasteiger partial charge < -0.3 is 4.74 Å². The molecule has 0 atom stereocenters. The number of hydrogen-bond acceptors (Lipinski definition) is 3. The second kappa shape index (κ2) is 8.85. The van der Waals surface area contributed by atoms with Crippen LogP contribution in [0.3, 0.4) is 0 Å². The zero-order chi connectivity index (χ0) is 14.8. The highest BCUT2D eigenvalue weighted by molar-refractivity contribution is 5.64. The van der Waals surface area contributed by atoms with Crippen LogP contribution >= 0.6 is 0 Å². The Hall–Kier alpha value is -2.17. The van der Waals surface area contributed by atoms with E-state index in [9.17, 15) is 4.39 Å². The maximum absolute atomic E-state index is 13.3. The molecule has 1 aromatic carbocycles. The number of benzene rings is 1. The van der Waals surface area contributed by atoms with E-state index in [4.69, 9.17) is 15.3 Å². The highest BCUT2D eigenvalue weighted by Crippen LogP contribution is 2.16. The summed E-state index contributed by atoms with van der Waals surface area (Å²) in [6, 6.07) is 7.81. The third kappa shape index (κ3) is 5.22. The van der Waals surface area contributed by atoms with Crippen LogP contribution in [0.4, 0.5) is 4.39 Å². The Morgan fingerprint density at radius 1 is 1.30 bits per heavy atom. The summed E-state index contributed by atoms with van der Waals surface area (Å²) in [7, 11) is 0. The lowest BCUT2D eigenvalue weighted by Gasteiger charge is -2.08. The second-order valence-corrected chi connectivity index (χ2v) is 4.38. The number of nitrogens with zero attached hydrogens (tertiary/aromatic N) is 2. The van der Waals surface area contributed by atoms with Crippen molar-refractivity contribution in [3.63, 3.8) is 0 Å². The van der Waals surface area contributed by atoms with Gasteiger partial charge in [-0.3, -0.25) is 0 Å². The average molecular weight is 272 g/mol. The molecule has 0 bridgehead atoms. The molecule has 4 heteroatoms. The Bertz CT molecular complexity index is 537. The normalized spacial score (nSPS) is 9.60. The fourth-order valence-corrected chi connectivity index (χ4v) is 1.72. The number of rotatable bonds is 7. The van der Waals surface area contributed by atoms with Gasteiger partial charge in [0.2, 0.25) is 0 Å². The first kappa shape index (κ1) is 15.9. The molecule has 0 aliphatic heterocycles. The molecule has 0 N–H and O–H groups in total. The smallest absolute Gasteiger partial charge is 0.130 e. The number of ether oxygens (including phenoxy) is 1. The zero-order valence-corrected chi connectivity index (χ0v) is 11.5. The van der Waals surface area contributed by atoms with Crippen molar-refractivity contribution < 1.29 is 9.13 Å². The summed E-state index contributed by atoms with van der Waals surface area (Å²) in [4.78, 5) is 0. The summed E-state index contributed by atoms with van der Waals surface area (Å²) in [5, 5.41) is 17.5. The molecule has 0 spiro atoms. The van der Waals surface area contributed by atoms with Crippen molar-refractivity contribution in [2.24, 2.45) is 0 Å². The highest BCUT2D eigenvalue weighted by Gasteiger charge is 2.04. The van der Waals surface area contributed by atoms with E-state index in [0.29, 0.717) is 17.7 Å². The highest BCUT2D eigenvalue weighted by atomic mass is 19.1. The van der Waals surface area contributed by atoms with E-state index in [1.165, 1.54) is 18.2 Å². The summed E-state index contributed by atoms with van der Waals surface area (Å²) < 4.78 is 18.8. The predicted octanol–water partition coefficient (Wildman–Crippen LogP) is 3.96. The molecule has 0 fully saturated rings. The lowest BCUT2D eigenvalue weighted by atomic mass is 10.1. The summed E-state index contributed by atoms with van der Waals surface area (Å²) >= 11 is 0. The van der Waals surface area contributed by atoms with E-state index in [0.717, 1.165) is 19.3 Å². The van der Waals surface area contributed by atoms with Crippen molar-refractivity contribution in [1.29, 1.82) is 10.5 Å². The van der Waals surface area contributed by atoms with Crippen LogP contribution in [-0.4, -0.2) is 6.61 Å². The first-order chi connectivity index (χ1) is 9.71. The molecule has 104 valence electrons. The minimum atomic E-state index is -0.357. The minimum Gasteiger partial charge on any atom is -0.377 e. The molecule has 0 aromatic heterocycles. The quantitative estimate of drug-likeness (QED) is 0.557. The van der Waals surface area contributed by atoms with Crippen LogP contribution in [0, 0.1) is 28.5 Å². The van der Waals surface area contributed by atoms with Gasteiger partial charge in [0.1, 0.15) is 23.5 Å². The van der Waals surface area contributed by atoms with E-state index in [1.807, 2.05) is 0 Å². The van der Waals surface area contributed by atoms with Crippen molar-refractivity contribution in [3.05, 3.63) is 40.7 Å². The van der Waals surface area contributed by atoms with Gasteiger partial charge in [0, 0.05) is 6.61 Å². The molecule has 3 nitrogen and oxygen atoms in total. The largest absolute Gasteiger partial charge is 0.377 e. The Balaban J connectivity index is 2.79. The number of nitriles is 2. The molecule has 0 amide bonds. The third-order valence-corrected chi connectivity index (χ3v) is 2.80. The average Bonchev–Trinajstić information content (AvgIpc) is 2.46. The molecule has 0 unspecified atom stereocenters. The zero-order valence-electron chi connectivity index (χ0n) is 11.5. The molecule has 0 saturated carbocycles. The number of allylic oxidation sites excluding steroid dienone is 1. The van der Waals surface area contributed by atoms with E-state index in [1.54, 1.807) is 18.2 Å². The molecular formula is C16H17FN2O. The summed E-state index contributed by atoms with van der Waals surface area (Å²) in [6.45, 7) is 3.01. The molecule has 0 aliphatic carbocycles. The van der Waals surface area contributed by atoms with Gasteiger partial charge in [0.05, 0.1) is 6.61 Å².